The molecule has 0 saturated heterocycles. The first-order valence-electron chi connectivity index (χ1n) is 3.84. The Labute approximate surface area is 74.3 Å². The highest BCUT2D eigenvalue weighted by Crippen LogP contribution is 2.03. The van der Waals surface area contributed by atoms with Crippen molar-refractivity contribution < 1.29 is 0 Å². The molecule has 2 aromatic heterocycles. The Morgan fingerprint density at radius 3 is 3.31 bits per heavy atom. The van der Waals surface area contributed by atoms with Gasteiger partial charge in [-0.2, -0.15) is 0 Å². The Morgan fingerprint density at radius 2 is 2.54 bits per heavy atom. The molecule has 0 bridgehead atoms. The summed E-state index contributed by atoms with van der Waals surface area (Å²) in [6.45, 7) is 0. The van der Waals surface area contributed by atoms with Crippen LogP contribution in [0.1, 0.15) is 0 Å². The van der Waals surface area contributed by atoms with Gasteiger partial charge in [-0.1, -0.05) is 0 Å². The maximum Gasteiger partial charge on any atom is 0.154 e. The van der Waals surface area contributed by atoms with Crippen LogP contribution in [0, 0.1) is 5.41 Å². The van der Waals surface area contributed by atoms with Crippen molar-refractivity contribution in [2.75, 3.05) is 7.05 Å². The number of aromatic amines is 1. The average Bonchev–Trinajstić information content (AvgIpc) is 2.58. The Balaban J connectivity index is 2.88. The van der Waals surface area contributed by atoms with E-state index in [1.165, 1.54) is 6.20 Å². The van der Waals surface area contributed by atoms with Crippen molar-refractivity contribution in [3.63, 3.8) is 0 Å². The second-order valence-electron chi connectivity index (χ2n) is 2.60. The van der Waals surface area contributed by atoms with Crippen molar-refractivity contribution in [1.29, 1.82) is 5.41 Å². The maximum absolute atomic E-state index is 7.59. The van der Waals surface area contributed by atoms with Crippen molar-refractivity contribution in [3.8, 4) is 0 Å². The fraction of sp³-hybridized carbons (Fsp3) is 0.125. The third-order valence-corrected chi connectivity index (χ3v) is 1.77. The van der Waals surface area contributed by atoms with Crippen LogP contribution < -0.4 is 5.49 Å². The van der Waals surface area contributed by atoms with E-state index in [-0.39, 0.29) is 0 Å². The van der Waals surface area contributed by atoms with Crippen LogP contribution >= 0.6 is 0 Å². The minimum Gasteiger partial charge on any atom is -0.345 e. The Morgan fingerprint density at radius 1 is 1.69 bits per heavy atom. The topological polar surface area (TPSA) is 69.8 Å². The van der Waals surface area contributed by atoms with E-state index in [2.05, 4.69) is 15.0 Å². The maximum atomic E-state index is 7.59. The van der Waals surface area contributed by atoms with Gasteiger partial charge in [0.15, 0.2) is 5.65 Å². The van der Waals surface area contributed by atoms with E-state index in [9.17, 15) is 0 Å². The summed E-state index contributed by atoms with van der Waals surface area (Å²) >= 11 is 0. The summed E-state index contributed by atoms with van der Waals surface area (Å²) in [6.07, 6.45) is 4.87. The fourth-order valence-corrected chi connectivity index (χ4v) is 1.21. The first-order valence-corrected chi connectivity index (χ1v) is 3.84. The van der Waals surface area contributed by atoms with Crippen molar-refractivity contribution >= 4 is 17.5 Å². The molecule has 0 saturated carbocycles. The van der Waals surface area contributed by atoms with Gasteiger partial charge in [-0.3, -0.25) is 15.0 Å². The number of hydrogen-bond acceptors (Lipinski definition) is 3. The summed E-state index contributed by atoms with van der Waals surface area (Å²) in [5, 5.41) is 7.59. The quantitative estimate of drug-likeness (QED) is 0.476. The number of nitrogens with zero attached hydrogens (tertiary/aromatic N) is 3. The summed E-state index contributed by atoms with van der Waals surface area (Å²) in [6, 6.07) is 1.86. The van der Waals surface area contributed by atoms with Gasteiger partial charge in [0, 0.05) is 13.2 Å². The van der Waals surface area contributed by atoms with Crippen LogP contribution in [0.15, 0.2) is 23.5 Å². The molecule has 13 heavy (non-hydrogen) atoms. The molecule has 0 amide bonds. The first-order chi connectivity index (χ1) is 6.33. The van der Waals surface area contributed by atoms with E-state index in [0.717, 1.165) is 11.2 Å². The lowest BCUT2D eigenvalue weighted by Crippen LogP contribution is -2.19. The number of aromatic nitrogens is 3. The number of nitrogens with one attached hydrogen (secondary N) is 2. The van der Waals surface area contributed by atoms with Crippen LogP contribution in [0.2, 0.25) is 0 Å². The number of rotatable bonds is 1. The Hall–Kier alpha value is -1.91. The number of hydrogen-bond donors (Lipinski definition) is 2. The SMILES string of the molecule is C/N=C\n1c(=N)cnc2[nH]ccc21. The zero-order valence-corrected chi connectivity index (χ0v) is 7.15. The molecule has 2 aromatic rings. The molecule has 2 rings (SSSR count). The minimum absolute atomic E-state index is 0.317. The van der Waals surface area contributed by atoms with E-state index in [1.807, 2.05) is 6.07 Å². The third-order valence-electron chi connectivity index (χ3n) is 1.77. The normalized spacial score (nSPS) is 11.5. The highest BCUT2D eigenvalue weighted by atomic mass is 15.1. The molecule has 5 nitrogen and oxygen atoms in total. The zero-order valence-electron chi connectivity index (χ0n) is 7.15. The molecule has 2 N–H and O–H groups in total. The van der Waals surface area contributed by atoms with Crippen LogP contribution in [0.25, 0.3) is 11.2 Å². The van der Waals surface area contributed by atoms with Crippen molar-refractivity contribution in [2.24, 2.45) is 4.99 Å². The molecule has 0 aliphatic heterocycles. The van der Waals surface area contributed by atoms with Gasteiger partial charge >= 0.3 is 0 Å². The van der Waals surface area contributed by atoms with E-state index < -0.39 is 0 Å². The molecule has 5 heteroatoms. The Bertz CT molecular complexity index is 504. The molecule has 0 aliphatic carbocycles. The summed E-state index contributed by atoms with van der Waals surface area (Å²) in [4.78, 5) is 10.9. The molecule has 0 fully saturated rings. The molecule has 0 radical (unpaired) electrons. The number of aliphatic imine (C=N–C) groups is 1. The Kier molecular flexibility index (Phi) is 1.70. The van der Waals surface area contributed by atoms with Gasteiger partial charge in [0.05, 0.1) is 18.1 Å². The van der Waals surface area contributed by atoms with Gasteiger partial charge in [0.25, 0.3) is 0 Å². The molecular formula is C8H9N5. The molecule has 0 atom stereocenters. The lowest BCUT2D eigenvalue weighted by molar-refractivity contribution is 1.000. The molecule has 0 aliphatic rings. The molecular weight excluding hydrogens is 166 g/mol. The van der Waals surface area contributed by atoms with Gasteiger partial charge in [0.2, 0.25) is 0 Å². The van der Waals surface area contributed by atoms with Crippen LogP contribution in [0.4, 0.5) is 0 Å². The van der Waals surface area contributed by atoms with Gasteiger partial charge in [-0.15, -0.1) is 0 Å². The molecule has 0 unspecified atom stereocenters. The minimum atomic E-state index is 0.317. The summed E-state index contributed by atoms with van der Waals surface area (Å²) in [7, 11) is 1.67. The lowest BCUT2D eigenvalue weighted by atomic mass is 10.5. The highest BCUT2D eigenvalue weighted by Gasteiger charge is 1.99. The zero-order chi connectivity index (χ0) is 9.26. The number of fused-ring (bicyclic) bond motifs is 1. The largest absolute Gasteiger partial charge is 0.345 e. The summed E-state index contributed by atoms with van der Waals surface area (Å²) in [5.41, 5.74) is 1.94. The van der Waals surface area contributed by atoms with Crippen LogP contribution in [0.5, 0.6) is 0 Å². The monoisotopic (exact) mass is 175 g/mol. The first kappa shape index (κ1) is 7.72. The summed E-state index contributed by atoms with van der Waals surface area (Å²) in [5.74, 6) is 0. The predicted molar refractivity (Wildman–Crippen MR) is 49.8 cm³/mol. The van der Waals surface area contributed by atoms with Crippen LogP contribution in [-0.4, -0.2) is 27.9 Å². The van der Waals surface area contributed by atoms with Gasteiger partial charge in [0.1, 0.15) is 5.49 Å². The third kappa shape index (κ3) is 1.14. The van der Waals surface area contributed by atoms with Gasteiger partial charge in [-0.25, -0.2) is 4.98 Å². The van der Waals surface area contributed by atoms with E-state index in [4.69, 9.17) is 5.41 Å². The van der Waals surface area contributed by atoms with E-state index in [0.29, 0.717) is 5.49 Å². The molecule has 0 spiro atoms. The molecule has 0 aromatic carbocycles. The highest BCUT2D eigenvalue weighted by molar-refractivity contribution is 5.78. The second kappa shape index (κ2) is 2.85. The van der Waals surface area contributed by atoms with Crippen LogP contribution in [0.3, 0.4) is 0 Å². The van der Waals surface area contributed by atoms with Gasteiger partial charge in [-0.05, 0) is 6.07 Å². The van der Waals surface area contributed by atoms with E-state index in [1.54, 1.807) is 24.2 Å². The van der Waals surface area contributed by atoms with Crippen LogP contribution in [-0.2, 0) is 0 Å². The average molecular weight is 175 g/mol. The van der Waals surface area contributed by atoms with Crippen molar-refractivity contribution in [1.82, 2.24) is 14.5 Å². The molecule has 2 heterocycles. The molecule has 66 valence electrons. The fourth-order valence-electron chi connectivity index (χ4n) is 1.21. The van der Waals surface area contributed by atoms with Crippen molar-refractivity contribution in [2.45, 2.75) is 0 Å². The van der Waals surface area contributed by atoms with Crippen molar-refractivity contribution in [3.05, 3.63) is 23.9 Å². The van der Waals surface area contributed by atoms with E-state index >= 15 is 0 Å². The smallest absolute Gasteiger partial charge is 0.154 e. The number of H-pyrrole nitrogens is 1. The lowest BCUT2D eigenvalue weighted by Gasteiger charge is -1.99. The summed E-state index contributed by atoms with van der Waals surface area (Å²) < 4.78 is 1.67. The standard InChI is InChI=1S/C8H9N5/c1-10-5-13-6-2-3-11-8(6)12-4-7(13)9/h2-5,9,11H,1H3/b9-7?,10-5-. The van der Waals surface area contributed by atoms with Gasteiger partial charge < -0.3 is 4.98 Å². The predicted octanol–water partition coefficient (Wildman–Crippen LogP) is 0.350. The second-order valence-corrected chi connectivity index (χ2v) is 2.60.